The van der Waals surface area contributed by atoms with Crippen molar-refractivity contribution in [2.45, 2.75) is 19.5 Å². The highest BCUT2D eigenvalue weighted by Crippen LogP contribution is 2.21. The van der Waals surface area contributed by atoms with Crippen molar-refractivity contribution < 1.29 is 13.5 Å². The lowest BCUT2D eigenvalue weighted by atomic mass is 10.3. The van der Waals surface area contributed by atoms with E-state index in [1.165, 1.54) is 17.1 Å². The number of aromatic nitrogens is 6. The van der Waals surface area contributed by atoms with Gasteiger partial charge in [-0.05, 0) is 6.07 Å². The molecule has 0 saturated carbocycles. The van der Waals surface area contributed by atoms with Gasteiger partial charge in [0.15, 0.2) is 5.65 Å². The lowest BCUT2D eigenvalue weighted by molar-refractivity contribution is 0.145. The summed E-state index contributed by atoms with van der Waals surface area (Å²) in [6.07, 6.45) is 0.645. The van der Waals surface area contributed by atoms with Crippen LogP contribution in [0.25, 0.3) is 11.0 Å². The fraction of sp³-hybridized carbons (Fsp3) is 0.429. The summed E-state index contributed by atoms with van der Waals surface area (Å²) in [6, 6.07) is 1.37. The van der Waals surface area contributed by atoms with Gasteiger partial charge in [-0.25, -0.2) is 18.7 Å². The van der Waals surface area contributed by atoms with E-state index in [9.17, 15) is 8.78 Å². The molecule has 0 spiro atoms. The fourth-order valence-electron chi connectivity index (χ4n) is 2.30. The summed E-state index contributed by atoms with van der Waals surface area (Å²) in [5, 5.41) is 12.0. The van der Waals surface area contributed by atoms with Crippen LogP contribution in [0.5, 0.6) is 0 Å². The molecule has 3 aromatic heterocycles. The maximum atomic E-state index is 12.7. The molecule has 8 nitrogen and oxygen atoms in total. The van der Waals surface area contributed by atoms with Crippen LogP contribution in [-0.4, -0.2) is 43.2 Å². The predicted octanol–water partition coefficient (Wildman–Crippen LogP) is 1.76. The van der Waals surface area contributed by atoms with Crippen molar-refractivity contribution in [3.63, 3.8) is 0 Å². The van der Waals surface area contributed by atoms with Crippen molar-refractivity contribution in [1.29, 1.82) is 0 Å². The summed E-state index contributed by atoms with van der Waals surface area (Å²) in [5.74, 6) is 0.587. The van der Waals surface area contributed by atoms with Crippen molar-refractivity contribution in [2.24, 2.45) is 7.05 Å². The highest BCUT2D eigenvalue weighted by Gasteiger charge is 2.14. The lowest BCUT2D eigenvalue weighted by Crippen LogP contribution is -2.06. The van der Waals surface area contributed by atoms with Gasteiger partial charge in [0.25, 0.3) is 6.43 Å². The number of aryl methyl sites for hydroxylation is 1. The molecule has 0 amide bonds. The third-order valence-electron chi connectivity index (χ3n) is 3.54. The van der Waals surface area contributed by atoms with Crippen LogP contribution >= 0.6 is 0 Å². The number of alkyl halides is 2. The standard InChI is InChI=1S/C14H17F2N7O/c1-22-9(5-11(20-22)12(15)16)6-17-13-10-7-23(3-4-24-2)21-14(10)19-8-18-13/h5,7-8,12H,3-4,6H2,1-2H3,(H,17,18,19,21). The molecule has 0 unspecified atom stereocenters. The molecule has 0 aliphatic carbocycles. The smallest absolute Gasteiger partial charge is 0.282 e. The Labute approximate surface area is 136 Å². The number of rotatable bonds is 7. The molecule has 3 heterocycles. The molecule has 128 valence electrons. The molecule has 24 heavy (non-hydrogen) atoms. The number of halogens is 2. The largest absolute Gasteiger partial charge is 0.383 e. The summed E-state index contributed by atoms with van der Waals surface area (Å²) in [7, 11) is 3.25. The van der Waals surface area contributed by atoms with Gasteiger partial charge in [-0.1, -0.05) is 0 Å². The number of hydrogen-bond donors (Lipinski definition) is 1. The first kappa shape index (κ1) is 16.2. The maximum Gasteiger partial charge on any atom is 0.282 e. The Morgan fingerprint density at radius 1 is 1.29 bits per heavy atom. The van der Waals surface area contributed by atoms with Gasteiger partial charge in [0.2, 0.25) is 0 Å². The van der Waals surface area contributed by atoms with E-state index in [1.807, 2.05) is 6.20 Å². The molecule has 0 radical (unpaired) electrons. The zero-order valence-electron chi connectivity index (χ0n) is 13.3. The highest BCUT2D eigenvalue weighted by molar-refractivity contribution is 5.85. The summed E-state index contributed by atoms with van der Waals surface area (Å²) in [5.41, 5.74) is 0.945. The molecule has 3 rings (SSSR count). The highest BCUT2D eigenvalue weighted by atomic mass is 19.3. The number of fused-ring (bicyclic) bond motifs is 1. The third-order valence-corrected chi connectivity index (χ3v) is 3.54. The summed E-state index contributed by atoms with van der Waals surface area (Å²) in [4.78, 5) is 8.33. The normalized spacial score (nSPS) is 11.5. The second kappa shape index (κ2) is 6.87. The predicted molar refractivity (Wildman–Crippen MR) is 82.7 cm³/mol. The van der Waals surface area contributed by atoms with Crippen LogP contribution in [0.1, 0.15) is 17.8 Å². The molecule has 3 aromatic rings. The van der Waals surface area contributed by atoms with E-state index in [0.29, 0.717) is 36.9 Å². The zero-order chi connectivity index (χ0) is 17.1. The van der Waals surface area contributed by atoms with Gasteiger partial charge < -0.3 is 10.1 Å². The average molecular weight is 337 g/mol. The Kier molecular flexibility index (Phi) is 4.65. The molecule has 0 aromatic carbocycles. The third kappa shape index (κ3) is 3.32. The van der Waals surface area contributed by atoms with E-state index in [4.69, 9.17) is 4.74 Å². The Morgan fingerprint density at radius 3 is 2.83 bits per heavy atom. The van der Waals surface area contributed by atoms with E-state index < -0.39 is 6.43 Å². The lowest BCUT2D eigenvalue weighted by Gasteiger charge is -2.05. The van der Waals surface area contributed by atoms with Crippen LogP contribution < -0.4 is 5.32 Å². The summed E-state index contributed by atoms with van der Waals surface area (Å²) < 4.78 is 33.6. The Hall–Kier alpha value is -2.62. The van der Waals surface area contributed by atoms with E-state index >= 15 is 0 Å². The first-order valence-electron chi connectivity index (χ1n) is 7.30. The molecule has 0 atom stereocenters. The van der Waals surface area contributed by atoms with Crippen LogP contribution in [-0.2, 0) is 24.9 Å². The number of ether oxygens (including phenoxy) is 1. The van der Waals surface area contributed by atoms with Crippen LogP contribution in [0.2, 0.25) is 0 Å². The maximum absolute atomic E-state index is 12.7. The summed E-state index contributed by atoms with van der Waals surface area (Å²) >= 11 is 0. The van der Waals surface area contributed by atoms with Gasteiger partial charge in [0.05, 0.1) is 30.8 Å². The van der Waals surface area contributed by atoms with Crippen molar-refractivity contribution in [3.8, 4) is 0 Å². The van der Waals surface area contributed by atoms with Crippen LogP contribution in [0.3, 0.4) is 0 Å². The van der Waals surface area contributed by atoms with Crippen molar-refractivity contribution in [3.05, 3.63) is 30.0 Å². The van der Waals surface area contributed by atoms with Gasteiger partial charge >= 0.3 is 0 Å². The zero-order valence-corrected chi connectivity index (χ0v) is 13.3. The minimum absolute atomic E-state index is 0.241. The molecule has 0 bridgehead atoms. The Bertz CT molecular complexity index is 830. The molecule has 0 aliphatic rings. The molecule has 0 saturated heterocycles. The van der Waals surface area contributed by atoms with E-state index in [1.54, 1.807) is 18.8 Å². The van der Waals surface area contributed by atoms with Crippen molar-refractivity contribution in [1.82, 2.24) is 29.5 Å². The van der Waals surface area contributed by atoms with Crippen molar-refractivity contribution in [2.75, 3.05) is 19.0 Å². The molecular formula is C14H17F2N7O. The first-order valence-corrected chi connectivity index (χ1v) is 7.30. The second-order valence-electron chi connectivity index (χ2n) is 5.18. The molecule has 0 aliphatic heterocycles. The molecule has 10 heteroatoms. The van der Waals surface area contributed by atoms with E-state index in [-0.39, 0.29) is 5.69 Å². The number of nitrogens with one attached hydrogen (secondary N) is 1. The van der Waals surface area contributed by atoms with E-state index in [0.717, 1.165) is 5.39 Å². The fourth-order valence-corrected chi connectivity index (χ4v) is 2.30. The second-order valence-corrected chi connectivity index (χ2v) is 5.18. The van der Waals surface area contributed by atoms with Crippen molar-refractivity contribution >= 4 is 16.9 Å². The minimum Gasteiger partial charge on any atom is -0.383 e. The van der Waals surface area contributed by atoms with E-state index in [2.05, 4.69) is 25.5 Å². The number of nitrogens with zero attached hydrogens (tertiary/aromatic N) is 6. The monoisotopic (exact) mass is 337 g/mol. The van der Waals surface area contributed by atoms with Gasteiger partial charge in [-0.2, -0.15) is 10.2 Å². The Morgan fingerprint density at radius 2 is 2.12 bits per heavy atom. The van der Waals surface area contributed by atoms with Gasteiger partial charge in [-0.3, -0.25) is 9.36 Å². The van der Waals surface area contributed by atoms with Crippen LogP contribution in [0, 0.1) is 0 Å². The van der Waals surface area contributed by atoms with Crippen LogP contribution in [0.15, 0.2) is 18.6 Å². The molecule has 1 N–H and O–H groups in total. The molecular weight excluding hydrogens is 320 g/mol. The number of anilines is 1. The molecule has 0 fully saturated rings. The van der Waals surface area contributed by atoms with Crippen LogP contribution in [0.4, 0.5) is 14.6 Å². The van der Waals surface area contributed by atoms with Gasteiger partial charge in [-0.15, -0.1) is 0 Å². The minimum atomic E-state index is -2.59. The average Bonchev–Trinajstić information content (AvgIpc) is 3.14. The van der Waals surface area contributed by atoms with Gasteiger partial charge in [0.1, 0.15) is 17.8 Å². The van der Waals surface area contributed by atoms with Gasteiger partial charge in [0, 0.05) is 20.4 Å². The first-order chi connectivity index (χ1) is 11.6. The topological polar surface area (TPSA) is 82.7 Å². The SMILES string of the molecule is COCCn1cc2c(NCc3cc(C(F)F)nn3C)ncnc2n1. The number of hydrogen-bond acceptors (Lipinski definition) is 6. The quantitative estimate of drug-likeness (QED) is 0.707. The Balaban J connectivity index is 1.78. The summed E-state index contributed by atoms with van der Waals surface area (Å²) in [6.45, 7) is 1.45. The number of methoxy groups -OCH3 is 1.